The SMILES string of the molecule is COC(=O)Cn1c(=O)n(C(C)OC)c(=O)c2c1nc(CC(C)(C)C)n2Cc1ccc(-c2ccccc2-c2nnn[nH]2)cc1. The Balaban J connectivity index is 1.65. The second-order valence-electron chi connectivity index (χ2n) is 11.5. The molecule has 5 rings (SSSR count). The topological polar surface area (TPSA) is 152 Å². The highest BCUT2D eigenvalue weighted by Gasteiger charge is 2.27. The molecule has 1 unspecified atom stereocenters. The van der Waals surface area contributed by atoms with E-state index in [1.807, 2.05) is 53.1 Å². The third kappa shape index (κ3) is 5.89. The molecule has 0 radical (unpaired) electrons. The van der Waals surface area contributed by atoms with Crippen LogP contribution < -0.4 is 11.2 Å². The summed E-state index contributed by atoms with van der Waals surface area (Å²) in [6.45, 7) is 7.71. The lowest BCUT2D eigenvalue weighted by Gasteiger charge is -2.19. The van der Waals surface area contributed by atoms with Crippen molar-refractivity contribution in [1.82, 2.24) is 39.3 Å². The van der Waals surface area contributed by atoms with Gasteiger partial charge in [-0.25, -0.2) is 19.4 Å². The zero-order chi connectivity index (χ0) is 30.9. The molecule has 13 heteroatoms. The quantitative estimate of drug-likeness (QED) is 0.257. The van der Waals surface area contributed by atoms with E-state index in [0.29, 0.717) is 24.6 Å². The van der Waals surface area contributed by atoms with Crippen molar-refractivity contribution in [2.75, 3.05) is 14.2 Å². The molecule has 5 aromatic rings. The lowest BCUT2D eigenvalue weighted by atomic mass is 9.92. The molecule has 224 valence electrons. The minimum absolute atomic E-state index is 0.130. The molecule has 13 nitrogen and oxygen atoms in total. The van der Waals surface area contributed by atoms with Gasteiger partial charge in [-0.3, -0.25) is 14.2 Å². The number of rotatable bonds is 9. The summed E-state index contributed by atoms with van der Waals surface area (Å²) in [5.41, 5.74) is 2.60. The number of hydrogen-bond donors (Lipinski definition) is 1. The van der Waals surface area contributed by atoms with Crippen LogP contribution in [-0.4, -0.2) is 59.5 Å². The van der Waals surface area contributed by atoms with Crippen molar-refractivity contribution in [3.05, 3.63) is 80.8 Å². The lowest BCUT2D eigenvalue weighted by Crippen LogP contribution is -2.43. The molecule has 0 aliphatic heterocycles. The van der Waals surface area contributed by atoms with Crippen molar-refractivity contribution in [3.8, 4) is 22.5 Å². The highest BCUT2D eigenvalue weighted by atomic mass is 16.5. The summed E-state index contributed by atoms with van der Waals surface area (Å²) in [7, 11) is 2.65. The summed E-state index contributed by atoms with van der Waals surface area (Å²) in [4.78, 5) is 44.5. The number of imidazole rings is 1. The summed E-state index contributed by atoms with van der Waals surface area (Å²) < 4.78 is 14.2. The first kappa shape index (κ1) is 29.6. The van der Waals surface area contributed by atoms with E-state index in [4.69, 9.17) is 14.5 Å². The van der Waals surface area contributed by atoms with Crippen LogP contribution in [0.3, 0.4) is 0 Å². The predicted octanol–water partition coefficient (Wildman–Crippen LogP) is 3.18. The third-order valence-corrected chi connectivity index (χ3v) is 7.18. The number of benzene rings is 2. The highest BCUT2D eigenvalue weighted by Crippen LogP contribution is 2.30. The summed E-state index contributed by atoms with van der Waals surface area (Å²) in [6.07, 6.45) is -0.356. The van der Waals surface area contributed by atoms with Gasteiger partial charge in [-0.05, 0) is 39.5 Å². The number of carbonyl (C=O) groups excluding carboxylic acids is 1. The van der Waals surface area contributed by atoms with Gasteiger partial charge in [0.15, 0.2) is 17.0 Å². The second kappa shape index (κ2) is 11.8. The number of esters is 1. The number of nitrogens with one attached hydrogen (secondary N) is 1. The molecule has 2 aromatic carbocycles. The van der Waals surface area contributed by atoms with Crippen molar-refractivity contribution in [3.63, 3.8) is 0 Å². The van der Waals surface area contributed by atoms with Crippen LogP contribution >= 0.6 is 0 Å². The minimum atomic E-state index is -0.873. The van der Waals surface area contributed by atoms with Gasteiger partial charge >= 0.3 is 11.7 Å². The van der Waals surface area contributed by atoms with Crippen molar-refractivity contribution in [2.45, 2.75) is 53.4 Å². The van der Waals surface area contributed by atoms with Crippen LogP contribution in [0.2, 0.25) is 0 Å². The maximum absolute atomic E-state index is 13.9. The Morgan fingerprint density at radius 3 is 2.30 bits per heavy atom. The molecule has 0 aliphatic rings. The molecule has 0 saturated heterocycles. The average Bonchev–Trinajstić information content (AvgIpc) is 3.64. The smallest absolute Gasteiger partial charge is 0.335 e. The number of H-pyrrole nitrogens is 1. The van der Waals surface area contributed by atoms with E-state index in [0.717, 1.165) is 26.8 Å². The second-order valence-corrected chi connectivity index (χ2v) is 11.5. The first-order chi connectivity index (χ1) is 20.5. The molecule has 0 fully saturated rings. The maximum Gasteiger partial charge on any atom is 0.335 e. The summed E-state index contributed by atoms with van der Waals surface area (Å²) in [6, 6.07) is 15.8. The van der Waals surface area contributed by atoms with E-state index in [1.165, 1.54) is 18.8 Å². The Hall–Kier alpha value is -4.91. The summed E-state index contributed by atoms with van der Waals surface area (Å²) in [5.74, 6) is 0.547. The van der Waals surface area contributed by atoms with E-state index in [1.54, 1.807) is 6.92 Å². The van der Waals surface area contributed by atoms with Crippen LogP contribution in [0.4, 0.5) is 0 Å². The first-order valence-electron chi connectivity index (χ1n) is 13.8. The first-order valence-corrected chi connectivity index (χ1v) is 13.8. The van der Waals surface area contributed by atoms with Gasteiger partial charge in [0.25, 0.3) is 5.56 Å². The van der Waals surface area contributed by atoms with E-state index in [2.05, 4.69) is 41.4 Å². The lowest BCUT2D eigenvalue weighted by molar-refractivity contribution is -0.141. The molecule has 0 amide bonds. The zero-order valence-corrected chi connectivity index (χ0v) is 25.0. The Morgan fingerprint density at radius 2 is 1.70 bits per heavy atom. The van der Waals surface area contributed by atoms with E-state index in [-0.39, 0.29) is 16.6 Å². The Bertz CT molecular complexity index is 1880. The molecule has 43 heavy (non-hydrogen) atoms. The molecule has 0 spiro atoms. The Labute approximate surface area is 247 Å². The summed E-state index contributed by atoms with van der Waals surface area (Å²) in [5, 5.41) is 14.3. The van der Waals surface area contributed by atoms with Gasteiger partial charge in [0, 0.05) is 25.6 Å². The van der Waals surface area contributed by atoms with Crippen molar-refractivity contribution in [2.24, 2.45) is 5.41 Å². The minimum Gasteiger partial charge on any atom is -0.468 e. The van der Waals surface area contributed by atoms with Crippen LogP contribution in [0.15, 0.2) is 58.1 Å². The molecule has 1 N–H and O–H groups in total. The van der Waals surface area contributed by atoms with Gasteiger partial charge < -0.3 is 14.0 Å². The van der Waals surface area contributed by atoms with Crippen LogP contribution in [0.5, 0.6) is 0 Å². The van der Waals surface area contributed by atoms with Crippen molar-refractivity contribution >= 4 is 17.1 Å². The molecular weight excluding hydrogens is 552 g/mol. The standard InChI is InChI=1S/C30H34N8O5/c1-18(42-5)38-28(40)25-27(37(29(38)41)17-24(39)43-6)31-23(15-30(2,3)4)36(25)16-19-11-13-20(14-12-19)21-9-7-8-10-22(21)26-32-34-35-33-26/h7-14,18H,15-17H2,1-6H3,(H,32,33,34,35). The van der Waals surface area contributed by atoms with E-state index >= 15 is 0 Å². The fourth-order valence-corrected chi connectivity index (χ4v) is 5.03. The molecule has 0 bridgehead atoms. The zero-order valence-electron chi connectivity index (χ0n) is 25.0. The summed E-state index contributed by atoms with van der Waals surface area (Å²) >= 11 is 0. The molecule has 1 atom stereocenters. The predicted molar refractivity (Wildman–Crippen MR) is 159 cm³/mol. The number of methoxy groups -OCH3 is 2. The Kier molecular flexibility index (Phi) is 8.09. The number of carbonyl (C=O) groups is 1. The maximum atomic E-state index is 13.9. The van der Waals surface area contributed by atoms with Gasteiger partial charge in [-0.2, -0.15) is 0 Å². The normalized spacial score (nSPS) is 12.5. The number of fused-ring (bicyclic) bond motifs is 1. The number of aromatic amines is 1. The fraction of sp³-hybridized carbons (Fsp3) is 0.367. The number of hydrogen-bond acceptors (Lipinski definition) is 9. The fourth-order valence-electron chi connectivity index (χ4n) is 5.03. The largest absolute Gasteiger partial charge is 0.468 e. The van der Waals surface area contributed by atoms with E-state index < -0.39 is 30.0 Å². The van der Waals surface area contributed by atoms with Gasteiger partial charge in [-0.15, -0.1) is 5.10 Å². The van der Waals surface area contributed by atoms with Crippen LogP contribution in [-0.2, 0) is 33.8 Å². The number of tetrazole rings is 1. The Morgan fingerprint density at radius 1 is 1.00 bits per heavy atom. The molecule has 0 saturated carbocycles. The number of aromatic nitrogens is 8. The third-order valence-electron chi connectivity index (χ3n) is 7.18. The molecule has 3 aromatic heterocycles. The molecular formula is C30H34N8O5. The molecule has 0 aliphatic carbocycles. The van der Waals surface area contributed by atoms with Crippen LogP contribution in [0.1, 0.15) is 45.3 Å². The van der Waals surface area contributed by atoms with Gasteiger partial charge in [-0.1, -0.05) is 69.3 Å². The average molecular weight is 587 g/mol. The van der Waals surface area contributed by atoms with Gasteiger partial charge in [0.1, 0.15) is 18.6 Å². The monoisotopic (exact) mass is 586 g/mol. The number of nitrogens with zero attached hydrogens (tertiary/aromatic N) is 7. The van der Waals surface area contributed by atoms with Crippen molar-refractivity contribution < 1.29 is 14.3 Å². The van der Waals surface area contributed by atoms with Crippen molar-refractivity contribution in [1.29, 1.82) is 0 Å². The highest BCUT2D eigenvalue weighted by molar-refractivity contribution is 5.80. The van der Waals surface area contributed by atoms with Gasteiger partial charge in [0.05, 0.1) is 7.11 Å². The number of ether oxygens (including phenoxy) is 2. The van der Waals surface area contributed by atoms with Crippen LogP contribution in [0.25, 0.3) is 33.7 Å². The van der Waals surface area contributed by atoms with Crippen LogP contribution in [0, 0.1) is 5.41 Å². The van der Waals surface area contributed by atoms with Gasteiger partial charge in [0.2, 0.25) is 0 Å². The molecule has 3 heterocycles. The van der Waals surface area contributed by atoms with E-state index in [9.17, 15) is 14.4 Å².